The highest BCUT2D eigenvalue weighted by Gasteiger charge is 2.32. The topological polar surface area (TPSA) is 110 Å². The summed E-state index contributed by atoms with van der Waals surface area (Å²) in [5.41, 5.74) is -0.465. The highest BCUT2D eigenvalue weighted by Crippen LogP contribution is 2.32. The van der Waals surface area contributed by atoms with Crippen LogP contribution in [0.2, 0.25) is 0 Å². The number of methoxy groups -OCH3 is 1. The minimum absolute atomic E-state index is 0.0218. The third-order valence-electron chi connectivity index (χ3n) is 4.86. The number of carbonyl (C=O) groups is 1. The molecule has 1 heterocycles. The number of halogens is 3. The van der Waals surface area contributed by atoms with Crippen LogP contribution in [0.5, 0.6) is 5.75 Å². The van der Waals surface area contributed by atoms with Gasteiger partial charge in [0.25, 0.3) is 15.9 Å². The second-order valence-corrected chi connectivity index (χ2v) is 10.5. The molecule has 0 aliphatic carbocycles. The van der Waals surface area contributed by atoms with Crippen molar-refractivity contribution in [2.24, 2.45) is 0 Å². The van der Waals surface area contributed by atoms with Crippen LogP contribution in [-0.4, -0.2) is 38.2 Å². The number of ether oxygens (including phenoxy) is 1. The zero-order valence-electron chi connectivity index (χ0n) is 19.0. The monoisotopic (exact) mass is 528 g/mol. The van der Waals surface area contributed by atoms with Gasteiger partial charge >= 0.3 is 6.18 Å². The number of rotatable bonds is 9. The van der Waals surface area contributed by atoms with E-state index in [9.17, 15) is 26.4 Å². The van der Waals surface area contributed by atoms with E-state index in [4.69, 9.17) is 4.74 Å². The largest absolute Gasteiger partial charge is 0.496 e. The number of aromatic nitrogens is 2. The molecule has 0 aliphatic rings. The second-order valence-electron chi connectivity index (χ2n) is 7.77. The van der Waals surface area contributed by atoms with Gasteiger partial charge in [0, 0.05) is 12.5 Å². The molecule has 0 unspecified atom stereocenters. The molecule has 2 N–H and O–H groups in total. The van der Waals surface area contributed by atoms with Crippen molar-refractivity contribution in [1.29, 1.82) is 0 Å². The summed E-state index contributed by atoms with van der Waals surface area (Å²) in [6.07, 6.45) is -4.26. The van der Waals surface area contributed by atoms with Gasteiger partial charge in [-0.15, -0.1) is 10.2 Å². The maximum atomic E-state index is 13.0. The van der Waals surface area contributed by atoms with Crippen LogP contribution in [0.3, 0.4) is 0 Å². The summed E-state index contributed by atoms with van der Waals surface area (Å²) >= 11 is 1.16. The van der Waals surface area contributed by atoms with E-state index in [-0.39, 0.29) is 33.8 Å². The van der Waals surface area contributed by atoms with Crippen LogP contribution in [0.25, 0.3) is 0 Å². The highest BCUT2D eigenvalue weighted by molar-refractivity contribution is 7.93. The molecule has 2 aromatic carbocycles. The minimum Gasteiger partial charge on any atom is -0.496 e. The molecule has 35 heavy (non-hydrogen) atoms. The average Bonchev–Trinajstić information content (AvgIpc) is 3.26. The van der Waals surface area contributed by atoms with Crippen molar-refractivity contribution in [1.82, 2.24) is 15.5 Å². The molecule has 1 aromatic heterocycles. The van der Waals surface area contributed by atoms with E-state index < -0.39 is 27.7 Å². The lowest BCUT2D eigenvalue weighted by Crippen LogP contribution is -2.26. The van der Waals surface area contributed by atoms with Crippen LogP contribution in [0, 0.1) is 0 Å². The van der Waals surface area contributed by atoms with Crippen molar-refractivity contribution in [3.63, 3.8) is 0 Å². The van der Waals surface area contributed by atoms with Gasteiger partial charge in [0.1, 0.15) is 10.8 Å². The Bertz CT molecular complexity index is 1290. The molecule has 0 fully saturated rings. The lowest BCUT2D eigenvalue weighted by Gasteiger charge is -2.13. The Kier molecular flexibility index (Phi) is 8.00. The zero-order chi connectivity index (χ0) is 25.8. The zero-order valence-corrected chi connectivity index (χ0v) is 20.6. The van der Waals surface area contributed by atoms with E-state index in [1.54, 1.807) is 12.1 Å². The molecule has 0 aliphatic heterocycles. The Morgan fingerprint density at radius 3 is 2.37 bits per heavy atom. The van der Waals surface area contributed by atoms with Gasteiger partial charge in [-0.05, 0) is 42.3 Å². The number of benzene rings is 2. The molecule has 188 valence electrons. The summed E-state index contributed by atoms with van der Waals surface area (Å²) in [6, 6.07) is 8.68. The van der Waals surface area contributed by atoms with Gasteiger partial charge in [-0.1, -0.05) is 37.3 Å². The molecule has 0 spiro atoms. The van der Waals surface area contributed by atoms with E-state index >= 15 is 0 Å². The second kappa shape index (κ2) is 10.6. The Morgan fingerprint density at radius 2 is 1.80 bits per heavy atom. The van der Waals surface area contributed by atoms with E-state index in [1.165, 1.54) is 19.2 Å². The third-order valence-corrected chi connectivity index (χ3v) is 7.48. The Morgan fingerprint density at radius 1 is 1.11 bits per heavy atom. The summed E-state index contributed by atoms with van der Waals surface area (Å²) in [5.74, 6) is -0.567. The fourth-order valence-corrected chi connectivity index (χ4v) is 4.97. The molecule has 0 radical (unpaired) electrons. The van der Waals surface area contributed by atoms with Crippen LogP contribution in [0.4, 0.5) is 18.3 Å². The van der Waals surface area contributed by atoms with Gasteiger partial charge in [0.05, 0.1) is 23.1 Å². The first kappa shape index (κ1) is 26.4. The third kappa shape index (κ3) is 6.69. The fraction of sp³-hybridized carbons (Fsp3) is 0.318. The summed E-state index contributed by atoms with van der Waals surface area (Å²) in [5, 5.41) is 11.2. The molecule has 8 nitrogen and oxygen atoms in total. The first-order valence-corrected chi connectivity index (χ1v) is 12.7. The van der Waals surface area contributed by atoms with Crippen molar-refractivity contribution in [2.75, 3.05) is 18.4 Å². The van der Waals surface area contributed by atoms with Crippen LogP contribution < -0.4 is 14.8 Å². The minimum atomic E-state index is -4.59. The normalized spacial score (nSPS) is 12.0. The smallest absolute Gasteiger partial charge is 0.416 e. The van der Waals surface area contributed by atoms with E-state index in [0.29, 0.717) is 11.4 Å². The van der Waals surface area contributed by atoms with Gasteiger partial charge in [0.2, 0.25) is 5.13 Å². The van der Waals surface area contributed by atoms with E-state index in [0.717, 1.165) is 35.1 Å². The molecule has 0 bridgehead atoms. The number of nitrogens with zero attached hydrogens (tertiary/aromatic N) is 2. The predicted molar refractivity (Wildman–Crippen MR) is 125 cm³/mol. The molecule has 0 saturated carbocycles. The standard InChI is InChI=1S/C22H23F3N4O4S2/c1-13(2)20-27-28-21(34-20)29-35(31,32)16-7-4-14(5-8-16)10-11-26-19(30)17-12-15(22(23,24)25)6-9-18(17)33-3/h4-9,12-13H,10-11H2,1-3H3,(H,26,30)(H,28,29). The van der Waals surface area contributed by atoms with Gasteiger partial charge in [-0.3, -0.25) is 9.52 Å². The predicted octanol–water partition coefficient (Wildman–Crippen LogP) is 4.46. The van der Waals surface area contributed by atoms with Crippen molar-refractivity contribution in [3.05, 3.63) is 64.2 Å². The maximum Gasteiger partial charge on any atom is 0.416 e. The molecular weight excluding hydrogens is 505 g/mol. The molecule has 0 atom stereocenters. The average molecular weight is 529 g/mol. The maximum absolute atomic E-state index is 13.0. The van der Waals surface area contributed by atoms with Crippen molar-refractivity contribution in [2.45, 2.75) is 37.3 Å². The highest BCUT2D eigenvalue weighted by atomic mass is 32.2. The van der Waals surface area contributed by atoms with Gasteiger partial charge < -0.3 is 10.1 Å². The molecule has 3 aromatic rings. The Balaban J connectivity index is 1.61. The number of nitrogens with one attached hydrogen (secondary N) is 2. The lowest BCUT2D eigenvalue weighted by molar-refractivity contribution is -0.137. The number of anilines is 1. The number of amides is 1. The van der Waals surface area contributed by atoms with E-state index in [1.807, 2.05) is 13.8 Å². The summed E-state index contributed by atoms with van der Waals surface area (Å²) in [6.45, 7) is 3.97. The van der Waals surface area contributed by atoms with Crippen LogP contribution in [0.1, 0.15) is 46.3 Å². The summed E-state index contributed by atoms with van der Waals surface area (Å²) < 4.78 is 71.5. The van der Waals surface area contributed by atoms with Crippen LogP contribution in [0.15, 0.2) is 47.4 Å². The number of hydrogen-bond donors (Lipinski definition) is 2. The Labute approximate surface area is 204 Å². The van der Waals surface area contributed by atoms with Crippen molar-refractivity contribution < 1.29 is 31.1 Å². The summed E-state index contributed by atoms with van der Waals surface area (Å²) in [7, 11) is -2.59. The van der Waals surface area contributed by atoms with Gasteiger partial charge in [-0.25, -0.2) is 8.42 Å². The molecule has 1 amide bonds. The fourth-order valence-electron chi connectivity index (χ4n) is 3.00. The summed E-state index contributed by atoms with van der Waals surface area (Å²) in [4.78, 5) is 12.5. The van der Waals surface area contributed by atoms with Crippen LogP contribution in [-0.2, 0) is 22.6 Å². The molecular formula is C22H23F3N4O4S2. The molecule has 0 saturated heterocycles. The number of hydrogen-bond acceptors (Lipinski definition) is 7. The quantitative estimate of drug-likeness (QED) is 0.424. The molecule has 3 rings (SSSR count). The van der Waals surface area contributed by atoms with Crippen molar-refractivity contribution in [3.8, 4) is 5.75 Å². The van der Waals surface area contributed by atoms with Gasteiger partial charge in [0.15, 0.2) is 0 Å². The van der Waals surface area contributed by atoms with E-state index in [2.05, 4.69) is 20.2 Å². The first-order chi connectivity index (χ1) is 16.4. The number of alkyl halides is 3. The lowest BCUT2D eigenvalue weighted by atomic mass is 10.1. The first-order valence-electron chi connectivity index (χ1n) is 10.4. The Hall–Kier alpha value is -3.19. The van der Waals surface area contributed by atoms with Crippen molar-refractivity contribution >= 4 is 32.4 Å². The SMILES string of the molecule is COc1ccc(C(F)(F)F)cc1C(=O)NCCc1ccc(S(=O)(=O)Nc2nnc(C(C)C)s2)cc1. The van der Waals surface area contributed by atoms with Crippen LogP contribution >= 0.6 is 11.3 Å². The van der Waals surface area contributed by atoms with Gasteiger partial charge in [-0.2, -0.15) is 13.2 Å². The number of sulfonamides is 1. The molecule has 13 heteroatoms. The number of carbonyl (C=O) groups excluding carboxylic acids is 1.